The standard InChI is InChI=1S/C13H21N3O3/c1-7(8(2)13(18)19)12(17)14-6-11-9(3)15-16(5)10(11)4/h7-8H,6H2,1-5H3,(H,14,17)(H,18,19). The Balaban J connectivity index is 2.67. The number of aromatic nitrogens is 2. The van der Waals surface area contributed by atoms with Crippen LogP contribution in [0.2, 0.25) is 0 Å². The minimum Gasteiger partial charge on any atom is -0.481 e. The van der Waals surface area contributed by atoms with Gasteiger partial charge in [0.05, 0.1) is 11.6 Å². The van der Waals surface area contributed by atoms with Crippen molar-refractivity contribution in [2.24, 2.45) is 18.9 Å². The molecule has 2 atom stereocenters. The Bertz CT molecular complexity index is 494. The van der Waals surface area contributed by atoms with Gasteiger partial charge in [-0.05, 0) is 13.8 Å². The van der Waals surface area contributed by atoms with E-state index < -0.39 is 17.8 Å². The lowest BCUT2D eigenvalue weighted by Gasteiger charge is -2.15. The van der Waals surface area contributed by atoms with E-state index in [-0.39, 0.29) is 5.91 Å². The summed E-state index contributed by atoms with van der Waals surface area (Å²) >= 11 is 0. The number of aryl methyl sites for hydroxylation is 2. The van der Waals surface area contributed by atoms with Crippen LogP contribution in [0, 0.1) is 25.7 Å². The third kappa shape index (κ3) is 3.33. The smallest absolute Gasteiger partial charge is 0.307 e. The average Bonchev–Trinajstić information content (AvgIpc) is 2.59. The van der Waals surface area contributed by atoms with E-state index in [2.05, 4.69) is 10.4 Å². The van der Waals surface area contributed by atoms with Gasteiger partial charge in [-0.25, -0.2) is 0 Å². The highest BCUT2D eigenvalue weighted by atomic mass is 16.4. The molecule has 0 saturated heterocycles. The summed E-state index contributed by atoms with van der Waals surface area (Å²) in [6, 6.07) is 0. The highest BCUT2D eigenvalue weighted by Gasteiger charge is 2.25. The van der Waals surface area contributed by atoms with Crippen LogP contribution >= 0.6 is 0 Å². The molecule has 0 radical (unpaired) electrons. The molecule has 0 aliphatic heterocycles. The molecule has 0 aromatic carbocycles. The van der Waals surface area contributed by atoms with Crippen LogP contribution in [0.1, 0.15) is 30.8 Å². The molecular formula is C13H21N3O3. The Morgan fingerprint density at radius 3 is 2.32 bits per heavy atom. The van der Waals surface area contributed by atoms with Gasteiger partial charge in [0.1, 0.15) is 0 Å². The van der Waals surface area contributed by atoms with Crippen LogP contribution in [0.3, 0.4) is 0 Å². The fourth-order valence-corrected chi connectivity index (χ4v) is 1.85. The summed E-state index contributed by atoms with van der Waals surface area (Å²) in [7, 11) is 1.85. The molecule has 2 unspecified atom stereocenters. The normalized spacial score (nSPS) is 13.9. The Morgan fingerprint density at radius 1 is 1.32 bits per heavy atom. The van der Waals surface area contributed by atoms with E-state index in [0.717, 1.165) is 17.0 Å². The van der Waals surface area contributed by atoms with Gasteiger partial charge >= 0.3 is 5.97 Å². The Morgan fingerprint density at radius 2 is 1.89 bits per heavy atom. The number of amides is 1. The van der Waals surface area contributed by atoms with Crippen LogP contribution in [0.25, 0.3) is 0 Å². The summed E-state index contributed by atoms with van der Waals surface area (Å²) in [5.41, 5.74) is 2.85. The molecule has 1 aromatic heterocycles. The molecule has 1 aromatic rings. The monoisotopic (exact) mass is 267 g/mol. The van der Waals surface area contributed by atoms with Crippen molar-refractivity contribution < 1.29 is 14.7 Å². The molecule has 0 fully saturated rings. The van der Waals surface area contributed by atoms with Gasteiger partial charge in [0.2, 0.25) is 5.91 Å². The van der Waals surface area contributed by atoms with Gasteiger partial charge in [0.25, 0.3) is 0 Å². The van der Waals surface area contributed by atoms with Crippen LogP contribution in [0.4, 0.5) is 0 Å². The van der Waals surface area contributed by atoms with Crippen molar-refractivity contribution in [3.8, 4) is 0 Å². The van der Waals surface area contributed by atoms with E-state index in [4.69, 9.17) is 5.11 Å². The summed E-state index contributed by atoms with van der Waals surface area (Å²) in [5, 5.41) is 15.9. The summed E-state index contributed by atoms with van der Waals surface area (Å²) in [6.07, 6.45) is 0. The van der Waals surface area contributed by atoms with E-state index in [1.165, 1.54) is 6.92 Å². The number of carbonyl (C=O) groups excluding carboxylic acids is 1. The molecule has 19 heavy (non-hydrogen) atoms. The molecule has 0 saturated carbocycles. The van der Waals surface area contributed by atoms with Crippen LogP contribution < -0.4 is 5.32 Å². The molecule has 6 heteroatoms. The largest absolute Gasteiger partial charge is 0.481 e. The molecule has 0 spiro atoms. The average molecular weight is 267 g/mol. The molecule has 0 aliphatic rings. The van der Waals surface area contributed by atoms with Crippen molar-refractivity contribution in [1.82, 2.24) is 15.1 Å². The van der Waals surface area contributed by atoms with Crippen molar-refractivity contribution in [2.45, 2.75) is 34.2 Å². The van der Waals surface area contributed by atoms with Gasteiger partial charge in [0.15, 0.2) is 0 Å². The van der Waals surface area contributed by atoms with Crippen molar-refractivity contribution in [1.29, 1.82) is 0 Å². The lowest BCUT2D eigenvalue weighted by atomic mass is 9.95. The molecule has 1 rings (SSSR count). The number of carbonyl (C=O) groups is 2. The van der Waals surface area contributed by atoms with E-state index in [0.29, 0.717) is 6.54 Å². The lowest BCUT2D eigenvalue weighted by molar-refractivity contribution is -0.146. The molecule has 0 bridgehead atoms. The fraction of sp³-hybridized carbons (Fsp3) is 0.615. The zero-order valence-electron chi connectivity index (χ0n) is 12.0. The minimum absolute atomic E-state index is 0.252. The van der Waals surface area contributed by atoms with E-state index in [9.17, 15) is 9.59 Å². The maximum absolute atomic E-state index is 11.9. The van der Waals surface area contributed by atoms with Gasteiger partial charge < -0.3 is 10.4 Å². The van der Waals surface area contributed by atoms with Crippen molar-refractivity contribution in [2.75, 3.05) is 0 Å². The molecular weight excluding hydrogens is 246 g/mol. The van der Waals surface area contributed by atoms with Gasteiger partial charge in [0, 0.05) is 30.8 Å². The number of hydrogen-bond donors (Lipinski definition) is 2. The van der Waals surface area contributed by atoms with Crippen molar-refractivity contribution in [3.63, 3.8) is 0 Å². The minimum atomic E-state index is -0.962. The predicted molar refractivity (Wildman–Crippen MR) is 70.5 cm³/mol. The Kier molecular flexibility index (Phi) is 4.69. The van der Waals surface area contributed by atoms with E-state index >= 15 is 0 Å². The Labute approximate surface area is 112 Å². The first kappa shape index (κ1) is 15.2. The van der Waals surface area contributed by atoms with Crippen molar-refractivity contribution >= 4 is 11.9 Å². The number of nitrogens with zero attached hydrogens (tertiary/aromatic N) is 2. The van der Waals surface area contributed by atoms with E-state index in [1.807, 2.05) is 20.9 Å². The second-order valence-electron chi connectivity index (χ2n) is 4.91. The SMILES string of the molecule is Cc1nn(C)c(C)c1CNC(=O)C(C)C(C)C(=O)O. The number of carboxylic acids is 1. The first-order chi connectivity index (χ1) is 8.75. The maximum Gasteiger partial charge on any atom is 0.307 e. The highest BCUT2D eigenvalue weighted by molar-refractivity contribution is 5.84. The number of nitrogens with one attached hydrogen (secondary N) is 1. The lowest BCUT2D eigenvalue weighted by Crippen LogP contribution is -2.35. The molecule has 106 valence electrons. The first-order valence-electron chi connectivity index (χ1n) is 6.25. The number of hydrogen-bond acceptors (Lipinski definition) is 3. The summed E-state index contributed by atoms with van der Waals surface area (Å²) in [4.78, 5) is 22.7. The van der Waals surface area contributed by atoms with Gasteiger partial charge in [-0.3, -0.25) is 14.3 Å². The Hall–Kier alpha value is -1.85. The summed E-state index contributed by atoms with van der Waals surface area (Å²) < 4.78 is 1.76. The second kappa shape index (κ2) is 5.86. The zero-order chi connectivity index (χ0) is 14.7. The molecule has 2 N–H and O–H groups in total. The molecule has 0 aliphatic carbocycles. The topological polar surface area (TPSA) is 84.2 Å². The first-order valence-corrected chi connectivity index (χ1v) is 6.25. The number of rotatable bonds is 5. The van der Waals surface area contributed by atoms with Crippen LogP contribution in [-0.4, -0.2) is 26.8 Å². The van der Waals surface area contributed by atoms with Crippen LogP contribution in [0.15, 0.2) is 0 Å². The summed E-state index contributed by atoms with van der Waals surface area (Å²) in [5.74, 6) is -2.47. The van der Waals surface area contributed by atoms with Gasteiger partial charge in [-0.15, -0.1) is 0 Å². The quantitative estimate of drug-likeness (QED) is 0.834. The van der Waals surface area contributed by atoms with E-state index in [1.54, 1.807) is 11.6 Å². The van der Waals surface area contributed by atoms with Crippen LogP contribution in [-0.2, 0) is 23.2 Å². The highest BCUT2D eigenvalue weighted by Crippen LogP contribution is 2.14. The fourth-order valence-electron chi connectivity index (χ4n) is 1.85. The maximum atomic E-state index is 11.9. The third-order valence-electron chi connectivity index (χ3n) is 3.65. The molecule has 6 nitrogen and oxygen atoms in total. The van der Waals surface area contributed by atoms with Gasteiger partial charge in [-0.2, -0.15) is 5.10 Å². The second-order valence-corrected chi connectivity index (χ2v) is 4.91. The zero-order valence-corrected chi connectivity index (χ0v) is 12.0. The van der Waals surface area contributed by atoms with Gasteiger partial charge in [-0.1, -0.05) is 13.8 Å². The number of carboxylic acid groups (broad SMARTS) is 1. The number of aliphatic carboxylic acids is 1. The molecule has 1 heterocycles. The third-order valence-corrected chi connectivity index (χ3v) is 3.65. The van der Waals surface area contributed by atoms with Crippen LogP contribution in [0.5, 0.6) is 0 Å². The molecule has 1 amide bonds. The predicted octanol–water partition coefficient (Wildman–Crippen LogP) is 1.01. The van der Waals surface area contributed by atoms with Crippen molar-refractivity contribution in [3.05, 3.63) is 17.0 Å². The summed E-state index contributed by atoms with van der Waals surface area (Å²) in [6.45, 7) is 7.35.